The SMILES string of the molecule is OCC1CCN(CCCc2nc(CCl)cs2)C1. The molecule has 5 heteroatoms. The van der Waals surface area contributed by atoms with Crippen LogP contribution >= 0.6 is 22.9 Å². The molecule has 0 bridgehead atoms. The fourth-order valence-corrected chi connectivity index (χ4v) is 3.31. The minimum atomic E-state index is 0.335. The summed E-state index contributed by atoms with van der Waals surface area (Å²) in [5.74, 6) is 1.01. The van der Waals surface area contributed by atoms with Crippen LogP contribution in [0.25, 0.3) is 0 Å². The van der Waals surface area contributed by atoms with Crippen LogP contribution in [-0.2, 0) is 12.3 Å². The molecule has 0 aliphatic carbocycles. The van der Waals surface area contributed by atoms with E-state index in [0.717, 1.165) is 44.6 Å². The minimum Gasteiger partial charge on any atom is -0.396 e. The van der Waals surface area contributed by atoms with Gasteiger partial charge >= 0.3 is 0 Å². The van der Waals surface area contributed by atoms with E-state index in [1.165, 1.54) is 5.01 Å². The van der Waals surface area contributed by atoms with Crippen molar-refractivity contribution in [3.05, 3.63) is 16.1 Å². The standard InChI is InChI=1S/C12H19ClN2OS/c13-6-11-9-17-12(14-11)2-1-4-15-5-3-10(7-15)8-16/h9-10,16H,1-8H2. The summed E-state index contributed by atoms with van der Waals surface area (Å²) in [6.07, 6.45) is 3.33. The highest BCUT2D eigenvalue weighted by Crippen LogP contribution is 2.17. The molecule has 2 heterocycles. The minimum absolute atomic E-state index is 0.335. The van der Waals surface area contributed by atoms with E-state index in [9.17, 15) is 0 Å². The zero-order valence-corrected chi connectivity index (χ0v) is 11.5. The molecule has 1 aliphatic rings. The first-order valence-electron chi connectivity index (χ1n) is 6.14. The average Bonchev–Trinajstić information content (AvgIpc) is 2.97. The molecule has 1 aromatic heterocycles. The van der Waals surface area contributed by atoms with Gasteiger partial charge in [-0.2, -0.15) is 0 Å². The summed E-state index contributed by atoms with van der Waals surface area (Å²) in [4.78, 5) is 6.89. The lowest BCUT2D eigenvalue weighted by Crippen LogP contribution is -2.23. The van der Waals surface area contributed by atoms with Gasteiger partial charge in [0, 0.05) is 25.0 Å². The number of aliphatic hydroxyl groups excluding tert-OH is 1. The maximum atomic E-state index is 9.07. The van der Waals surface area contributed by atoms with Crippen molar-refractivity contribution in [2.45, 2.75) is 25.1 Å². The molecule has 17 heavy (non-hydrogen) atoms. The van der Waals surface area contributed by atoms with E-state index in [1.54, 1.807) is 11.3 Å². The molecule has 1 unspecified atom stereocenters. The lowest BCUT2D eigenvalue weighted by atomic mass is 10.1. The molecule has 1 saturated heterocycles. The van der Waals surface area contributed by atoms with Crippen molar-refractivity contribution in [2.24, 2.45) is 5.92 Å². The Bertz CT molecular complexity index is 345. The van der Waals surface area contributed by atoms with Gasteiger partial charge in [-0.1, -0.05) is 0 Å². The second-order valence-electron chi connectivity index (χ2n) is 4.61. The third-order valence-corrected chi connectivity index (χ3v) is 4.46. The predicted octanol–water partition coefficient (Wildman–Crippen LogP) is 2.13. The summed E-state index contributed by atoms with van der Waals surface area (Å²) in [6, 6.07) is 0. The van der Waals surface area contributed by atoms with Gasteiger partial charge in [0.1, 0.15) is 0 Å². The first kappa shape index (κ1) is 13.3. The molecule has 2 rings (SSSR count). The van der Waals surface area contributed by atoms with Crippen LogP contribution < -0.4 is 0 Å². The fourth-order valence-electron chi connectivity index (χ4n) is 2.24. The summed E-state index contributed by atoms with van der Waals surface area (Å²) in [5, 5.41) is 12.3. The number of nitrogens with zero attached hydrogens (tertiary/aromatic N) is 2. The molecule has 96 valence electrons. The number of aryl methyl sites for hydroxylation is 1. The van der Waals surface area contributed by atoms with Crippen molar-refractivity contribution in [1.82, 2.24) is 9.88 Å². The van der Waals surface area contributed by atoms with Crippen molar-refractivity contribution >= 4 is 22.9 Å². The van der Waals surface area contributed by atoms with E-state index in [1.807, 2.05) is 5.38 Å². The Morgan fingerprint density at radius 2 is 2.47 bits per heavy atom. The predicted molar refractivity (Wildman–Crippen MR) is 71.6 cm³/mol. The Hall–Kier alpha value is -0.160. The van der Waals surface area contributed by atoms with Gasteiger partial charge in [0.05, 0.1) is 16.6 Å². The third-order valence-electron chi connectivity index (χ3n) is 3.23. The van der Waals surface area contributed by atoms with Gasteiger partial charge in [0.15, 0.2) is 0 Å². The largest absolute Gasteiger partial charge is 0.396 e. The molecule has 0 amide bonds. The van der Waals surface area contributed by atoms with Crippen LogP contribution in [0.4, 0.5) is 0 Å². The van der Waals surface area contributed by atoms with E-state index in [4.69, 9.17) is 16.7 Å². The van der Waals surface area contributed by atoms with Crippen molar-refractivity contribution in [1.29, 1.82) is 0 Å². The van der Waals surface area contributed by atoms with Crippen molar-refractivity contribution in [2.75, 3.05) is 26.2 Å². The Labute approximate surface area is 111 Å². The van der Waals surface area contributed by atoms with Crippen LogP contribution in [0, 0.1) is 5.92 Å². The van der Waals surface area contributed by atoms with Crippen molar-refractivity contribution < 1.29 is 5.11 Å². The Balaban J connectivity index is 1.66. The highest BCUT2D eigenvalue weighted by molar-refractivity contribution is 7.09. The third kappa shape index (κ3) is 3.91. The first-order valence-corrected chi connectivity index (χ1v) is 7.55. The van der Waals surface area contributed by atoms with Crippen molar-refractivity contribution in [3.8, 4) is 0 Å². The summed E-state index contributed by atoms with van der Waals surface area (Å²) in [6.45, 7) is 3.64. The van der Waals surface area contributed by atoms with Gasteiger partial charge in [0.2, 0.25) is 0 Å². The highest BCUT2D eigenvalue weighted by atomic mass is 35.5. The first-order chi connectivity index (χ1) is 8.31. The van der Waals surface area contributed by atoms with Gasteiger partial charge in [-0.3, -0.25) is 0 Å². The number of hydrogen-bond donors (Lipinski definition) is 1. The van der Waals surface area contributed by atoms with Crippen LogP contribution in [0.2, 0.25) is 0 Å². The number of rotatable bonds is 6. The number of hydrogen-bond acceptors (Lipinski definition) is 4. The second-order valence-corrected chi connectivity index (χ2v) is 5.82. The molecule has 3 nitrogen and oxygen atoms in total. The molecule has 1 atom stereocenters. The molecule has 0 aromatic carbocycles. The van der Waals surface area contributed by atoms with Crippen LogP contribution in [0.3, 0.4) is 0 Å². The van der Waals surface area contributed by atoms with Gasteiger partial charge in [-0.25, -0.2) is 4.98 Å². The molecule has 1 aliphatic heterocycles. The number of alkyl halides is 1. The topological polar surface area (TPSA) is 36.4 Å². The van der Waals surface area contributed by atoms with Gasteiger partial charge in [-0.05, 0) is 31.8 Å². The summed E-state index contributed by atoms with van der Waals surface area (Å²) in [7, 11) is 0. The molecule has 0 radical (unpaired) electrons. The number of likely N-dealkylation sites (tertiary alicyclic amines) is 1. The maximum Gasteiger partial charge on any atom is 0.0929 e. The zero-order chi connectivity index (χ0) is 12.1. The van der Waals surface area contributed by atoms with Crippen LogP contribution in [-0.4, -0.2) is 41.2 Å². The molecule has 0 spiro atoms. The van der Waals surface area contributed by atoms with Gasteiger partial charge in [-0.15, -0.1) is 22.9 Å². The normalized spacial score (nSPS) is 21.2. The fraction of sp³-hybridized carbons (Fsp3) is 0.750. The monoisotopic (exact) mass is 274 g/mol. The van der Waals surface area contributed by atoms with E-state index >= 15 is 0 Å². The summed E-state index contributed by atoms with van der Waals surface area (Å²) < 4.78 is 0. The number of thiazole rings is 1. The Morgan fingerprint density at radius 1 is 1.59 bits per heavy atom. The smallest absolute Gasteiger partial charge is 0.0929 e. The molecule has 1 N–H and O–H groups in total. The van der Waals surface area contributed by atoms with E-state index in [0.29, 0.717) is 18.4 Å². The van der Waals surface area contributed by atoms with E-state index in [-0.39, 0.29) is 0 Å². The average molecular weight is 275 g/mol. The lowest BCUT2D eigenvalue weighted by Gasteiger charge is -2.14. The quantitative estimate of drug-likeness (QED) is 0.808. The molecule has 0 saturated carbocycles. The molecule has 1 aromatic rings. The van der Waals surface area contributed by atoms with E-state index < -0.39 is 0 Å². The van der Waals surface area contributed by atoms with Crippen molar-refractivity contribution in [3.63, 3.8) is 0 Å². The number of aromatic nitrogens is 1. The maximum absolute atomic E-state index is 9.07. The van der Waals surface area contributed by atoms with Gasteiger partial charge < -0.3 is 10.0 Å². The van der Waals surface area contributed by atoms with Gasteiger partial charge in [0.25, 0.3) is 0 Å². The summed E-state index contributed by atoms with van der Waals surface area (Å²) >= 11 is 7.43. The highest BCUT2D eigenvalue weighted by Gasteiger charge is 2.20. The van der Waals surface area contributed by atoms with E-state index in [2.05, 4.69) is 9.88 Å². The summed E-state index contributed by atoms with van der Waals surface area (Å²) in [5.41, 5.74) is 0.994. The zero-order valence-electron chi connectivity index (χ0n) is 9.94. The molecular formula is C12H19ClN2OS. The lowest BCUT2D eigenvalue weighted by molar-refractivity contribution is 0.221. The van der Waals surface area contributed by atoms with Crippen LogP contribution in [0.15, 0.2) is 5.38 Å². The Kier molecular flexibility index (Phi) is 5.22. The second kappa shape index (κ2) is 6.69. The molecule has 1 fully saturated rings. The van der Waals surface area contributed by atoms with Crippen LogP contribution in [0.5, 0.6) is 0 Å². The van der Waals surface area contributed by atoms with Crippen LogP contribution in [0.1, 0.15) is 23.5 Å². The molecular weight excluding hydrogens is 256 g/mol. The number of halogens is 1. The Morgan fingerprint density at radius 3 is 3.12 bits per heavy atom. The number of aliphatic hydroxyl groups is 1.